The summed E-state index contributed by atoms with van der Waals surface area (Å²) in [6, 6.07) is 1.07. The number of rotatable bonds is 5. The van der Waals surface area contributed by atoms with Crippen molar-refractivity contribution in [3.05, 3.63) is 28.5 Å². The van der Waals surface area contributed by atoms with Gasteiger partial charge in [0.1, 0.15) is 17.7 Å². The number of aromatic nitrogens is 1. The highest BCUT2D eigenvalue weighted by atomic mass is 32.2. The Balaban J connectivity index is 1.66. The van der Waals surface area contributed by atoms with E-state index in [2.05, 4.69) is 14.9 Å². The SMILES string of the molecule is Cc1cc(CN2C(=O)C3C=C(S(=O)(=O)NC4(C)CC4)C=NC3=[N+](C)C2=O)on1. The molecule has 3 aliphatic rings. The molecule has 1 aromatic heterocycles. The number of hydrogen-bond donors (Lipinski definition) is 1. The largest absolute Gasteiger partial charge is 0.446 e. The highest BCUT2D eigenvalue weighted by Gasteiger charge is 2.48. The van der Waals surface area contributed by atoms with Crippen LogP contribution in [0.3, 0.4) is 0 Å². The fourth-order valence-corrected chi connectivity index (χ4v) is 4.61. The zero-order valence-corrected chi connectivity index (χ0v) is 16.5. The smallest absolute Gasteiger partial charge is 0.358 e. The number of fused-ring (bicyclic) bond motifs is 1. The van der Waals surface area contributed by atoms with E-state index in [0.717, 1.165) is 17.7 Å². The number of amides is 3. The average Bonchev–Trinajstić information content (AvgIpc) is 3.20. The second-order valence-corrected chi connectivity index (χ2v) is 9.21. The van der Waals surface area contributed by atoms with Crippen LogP contribution in [0.4, 0.5) is 4.79 Å². The maximum absolute atomic E-state index is 13.0. The summed E-state index contributed by atoms with van der Waals surface area (Å²) in [5.74, 6) is -0.989. The molecule has 1 aromatic rings. The summed E-state index contributed by atoms with van der Waals surface area (Å²) in [5, 5.41) is 3.75. The Morgan fingerprint density at radius 1 is 1.39 bits per heavy atom. The molecule has 28 heavy (non-hydrogen) atoms. The highest BCUT2D eigenvalue weighted by Crippen LogP contribution is 2.36. The molecule has 1 atom stereocenters. The molecule has 1 saturated carbocycles. The van der Waals surface area contributed by atoms with Gasteiger partial charge in [-0.1, -0.05) is 5.16 Å². The van der Waals surface area contributed by atoms with E-state index in [9.17, 15) is 18.0 Å². The van der Waals surface area contributed by atoms with Gasteiger partial charge in [0.15, 0.2) is 11.7 Å². The zero-order chi connectivity index (χ0) is 20.3. The molecule has 11 heteroatoms. The molecule has 10 nitrogen and oxygen atoms in total. The maximum Gasteiger partial charge on any atom is 0.446 e. The van der Waals surface area contributed by atoms with Crippen LogP contribution in [0.15, 0.2) is 26.6 Å². The van der Waals surface area contributed by atoms with Crippen LogP contribution in [0.5, 0.6) is 0 Å². The minimum absolute atomic E-state index is 0.0825. The first-order valence-corrected chi connectivity index (χ1v) is 10.3. The molecular formula is C17H20N5O5S+. The molecule has 0 spiro atoms. The summed E-state index contributed by atoms with van der Waals surface area (Å²) in [4.78, 5) is 30.6. The number of carbonyl (C=O) groups excluding carboxylic acids is 2. The zero-order valence-electron chi connectivity index (χ0n) is 15.7. The topological polar surface area (TPSA) is 125 Å². The molecule has 1 unspecified atom stereocenters. The average molecular weight is 406 g/mol. The summed E-state index contributed by atoms with van der Waals surface area (Å²) >= 11 is 0. The van der Waals surface area contributed by atoms with Gasteiger partial charge in [-0.25, -0.2) is 17.9 Å². The first-order chi connectivity index (χ1) is 13.1. The van der Waals surface area contributed by atoms with E-state index in [0.29, 0.717) is 11.5 Å². The van der Waals surface area contributed by atoms with Crippen LogP contribution in [0.2, 0.25) is 0 Å². The summed E-state index contributed by atoms with van der Waals surface area (Å²) in [6.45, 7) is 3.46. The number of sulfonamides is 1. The number of aryl methyl sites for hydroxylation is 1. The summed E-state index contributed by atoms with van der Waals surface area (Å²) in [5.41, 5.74) is 0.180. The fraction of sp³-hybridized carbons (Fsp3) is 0.471. The van der Waals surface area contributed by atoms with Gasteiger partial charge < -0.3 is 4.52 Å². The molecule has 1 aliphatic carbocycles. The molecule has 0 saturated heterocycles. The Hall–Kier alpha value is -2.66. The Kier molecular flexibility index (Phi) is 4.12. The van der Waals surface area contributed by atoms with Crippen molar-refractivity contribution in [1.82, 2.24) is 14.8 Å². The predicted octanol–water partition coefficient (Wildman–Crippen LogP) is 0.542. The van der Waals surface area contributed by atoms with Gasteiger partial charge in [0.2, 0.25) is 10.0 Å². The van der Waals surface area contributed by atoms with Gasteiger partial charge in [0.25, 0.3) is 5.84 Å². The first-order valence-electron chi connectivity index (χ1n) is 8.78. The Morgan fingerprint density at radius 2 is 2.11 bits per heavy atom. The van der Waals surface area contributed by atoms with Crippen LogP contribution in [0, 0.1) is 12.8 Å². The van der Waals surface area contributed by atoms with Crippen molar-refractivity contribution in [3.8, 4) is 0 Å². The fourth-order valence-electron chi connectivity index (χ4n) is 3.13. The normalized spacial score (nSPS) is 23.8. The Morgan fingerprint density at radius 3 is 2.71 bits per heavy atom. The number of dihydropyridines is 1. The quantitative estimate of drug-likeness (QED) is 0.712. The number of urea groups is 1. The van der Waals surface area contributed by atoms with E-state index in [1.54, 1.807) is 13.0 Å². The van der Waals surface area contributed by atoms with Crippen molar-refractivity contribution in [2.24, 2.45) is 10.9 Å². The lowest BCUT2D eigenvalue weighted by Crippen LogP contribution is -2.53. The minimum atomic E-state index is -3.81. The molecule has 148 valence electrons. The van der Waals surface area contributed by atoms with Crippen molar-refractivity contribution in [2.45, 2.75) is 38.8 Å². The number of carbonyl (C=O) groups is 2. The maximum atomic E-state index is 13.0. The van der Waals surface area contributed by atoms with Crippen molar-refractivity contribution in [3.63, 3.8) is 0 Å². The van der Waals surface area contributed by atoms with Gasteiger partial charge in [-0.05, 0) is 32.8 Å². The number of aliphatic imine (C=N–C) groups is 1. The highest BCUT2D eigenvalue weighted by molar-refractivity contribution is 7.94. The molecule has 2 aliphatic heterocycles. The van der Waals surface area contributed by atoms with Crippen LogP contribution in [0.1, 0.15) is 31.2 Å². The number of hydrogen-bond acceptors (Lipinski definition) is 7. The number of nitrogens with zero attached hydrogens (tertiary/aromatic N) is 4. The van der Waals surface area contributed by atoms with Crippen molar-refractivity contribution >= 4 is 34.0 Å². The molecule has 0 aromatic carbocycles. The van der Waals surface area contributed by atoms with Crippen molar-refractivity contribution in [2.75, 3.05) is 7.05 Å². The summed E-state index contributed by atoms with van der Waals surface area (Å²) < 4.78 is 34.2. The summed E-state index contributed by atoms with van der Waals surface area (Å²) in [7, 11) is -2.32. The van der Waals surface area contributed by atoms with E-state index in [1.165, 1.54) is 23.9 Å². The lowest BCUT2D eigenvalue weighted by Gasteiger charge is -2.25. The van der Waals surface area contributed by atoms with Crippen LogP contribution >= 0.6 is 0 Å². The predicted molar refractivity (Wildman–Crippen MR) is 98.1 cm³/mol. The first kappa shape index (κ1) is 18.7. The molecule has 1 fully saturated rings. The molecule has 0 radical (unpaired) electrons. The van der Waals surface area contributed by atoms with Crippen LogP contribution < -0.4 is 4.72 Å². The van der Waals surface area contributed by atoms with Gasteiger partial charge in [0, 0.05) is 11.6 Å². The van der Waals surface area contributed by atoms with E-state index >= 15 is 0 Å². The lowest BCUT2D eigenvalue weighted by molar-refractivity contribution is -0.408. The molecule has 4 rings (SSSR count). The number of amidine groups is 1. The number of allylic oxidation sites excluding steroid dienone is 1. The molecule has 1 N–H and O–H groups in total. The minimum Gasteiger partial charge on any atom is -0.358 e. The molecule has 3 amide bonds. The lowest BCUT2D eigenvalue weighted by atomic mass is 10.0. The Labute approximate surface area is 161 Å². The van der Waals surface area contributed by atoms with E-state index in [1.807, 2.05) is 6.92 Å². The second kappa shape index (κ2) is 6.17. The molecular weight excluding hydrogens is 386 g/mol. The Bertz CT molecular complexity index is 1080. The monoisotopic (exact) mass is 406 g/mol. The number of nitrogens with one attached hydrogen (secondary N) is 1. The van der Waals surface area contributed by atoms with Crippen LogP contribution in [-0.4, -0.2) is 59.6 Å². The van der Waals surface area contributed by atoms with E-state index < -0.39 is 33.4 Å². The van der Waals surface area contributed by atoms with Crippen LogP contribution in [-0.2, 0) is 21.4 Å². The van der Waals surface area contributed by atoms with Crippen molar-refractivity contribution < 1.29 is 27.1 Å². The second-order valence-electron chi connectivity index (χ2n) is 7.53. The third kappa shape index (κ3) is 3.20. The third-order valence-electron chi connectivity index (χ3n) is 5.01. The van der Waals surface area contributed by atoms with Gasteiger partial charge >= 0.3 is 11.9 Å². The van der Waals surface area contributed by atoms with Gasteiger partial charge in [-0.2, -0.15) is 9.48 Å². The van der Waals surface area contributed by atoms with Crippen LogP contribution in [0.25, 0.3) is 0 Å². The van der Waals surface area contributed by atoms with E-state index in [-0.39, 0.29) is 17.3 Å². The molecule has 3 heterocycles. The van der Waals surface area contributed by atoms with Gasteiger partial charge in [-0.3, -0.25) is 4.79 Å². The van der Waals surface area contributed by atoms with Gasteiger partial charge in [-0.15, -0.1) is 4.99 Å². The molecule has 0 bridgehead atoms. The van der Waals surface area contributed by atoms with E-state index in [4.69, 9.17) is 4.52 Å². The van der Waals surface area contributed by atoms with Gasteiger partial charge in [0.05, 0.1) is 12.7 Å². The standard InChI is InChI=1S/C17H20N5O5S/c1-10-6-11(27-19-10)9-22-15(23)13-7-12(8-18-14(13)21(3)16(22)24)28(25,26)20-17(2)4-5-17/h6-8,13,20H,4-5,9H2,1-3H3/q+1. The van der Waals surface area contributed by atoms with Crippen molar-refractivity contribution in [1.29, 1.82) is 0 Å². The third-order valence-corrected chi connectivity index (χ3v) is 6.63. The summed E-state index contributed by atoms with van der Waals surface area (Å²) in [6.07, 6.45) is 4.03. The number of imide groups is 1.